The van der Waals surface area contributed by atoms with Crippen LogP contribution in [0.4, 0.5) is 10.5 Å². The van der Waals surface area contributed by atoms with Crippen LogP contribution in [0, 0.1) is 0 Å². The van der Waals surface area contributed by atoms with Gasteiger partial charge in [-0.2, -0.15) is 0 Å². The van der Waals surface area contributed by atoms with Gasteiger partial charge < -0.3 is 20.3 Å². The number of hydrogen-bond donors (Lipinski definition) is 3. The van der Waals surface area contributed by atoms with E-state index in [1.807, 2.05) is 77.6 Å². The summed E-state index contributed by atoms with van der Waals surface area (Å²) in [4.78, 5) is 12.0. The van der Waals surface area contributed by atoms with E-state index in [4.69, 9.17) is 5.11 Å². The zero-order valence-electron chi connectivity index (χ0n) is 13.1. The normalized spacial score (nSPS) is 10.4. The number of nitrogens with one attached hydrogen (secondary N) is 2. The van der Waals surface area contributed by atoms with E-state index in [0.717, 1.165) is 22.5 Å². The number of aliphatic hydroxyl groups is 1. The molecule has 2 aromatic carbocycles. The molecule has 0 fully saturated rings. The lowest BCUT2D eigenvalue weighted by molar-refractivity contribution is 0.251. The van der Waals surface area contributed by atoms with E-state index in [1.54, 1.807) is 0 Å². The molecule has 0 bridgehead atoms. The molecule has 0 saturated heterocycles. The summed E-state index contributed by atoms with van der Waals surface area (Å²) in [6.07, 6.45) is 3.94. The first-order valence-electron chi connectivity index (χ1n) is 7.71. The second-order valence-corrected chi connectivity index (χ2v) is 5.42. The highest BCUT2D eigenvalue weighted by molar-refractivity contribution is 5.89. The smallest absolute Gasteiger partial charge is 0.319 e. The number of aliphatic hydroxyl groups excluding tert-OH is 1. The van der Waals surface area contributed by atoms with Crippen LogP contribution >= 0.6 is 0 Å². The van der Waals surface area contributed by atoms with E-state index < -0.39 is 0 Å². The zero-order chi connectivity index (χ0) is 16.8. The predicted molar refractivity (Wildman–Crippen MR) is 94.0 cm³/mol. The Morgan fingerprint density at radius 2 is 1.54 bits per heavy atom. The number of aromatic nitrogens is 1. The van der Waals surface area contributed by atoms with Crippen molar-refractivity contribution >= 4 is 11.7 Å². The summed E-state index contributed by atoms with van der Waals surface area (Å²) < 4.78 is 2.00. The maximum atomic E-state index is 12.0. The minimum absolute atomic E-state index is 0.0210. The Kier molecular flexibility index (Phi) is 4.93. The lowest BCUT2D eigenvalue weighted by Gasteiger charge is -2.09. The lowest BCUT2D eigenvalue weighted by Crippen LogP contribution is -2.28. The summed E-state index contributed by atoms with van der Waals surface area (Å²) in [6.45, 7) is 0.451. The van der Waals surface area contributed by atoms with Crippen molar-refractivity contribution in [2.24, 2.45) is 0 Å². The molecule has 24 heavy (non-hydrogen) atoms. The molecule has 3 aromatic rings. The molecular weight excluding hydrogens is 302 g/mol. The topological polar surface area (TPSA) is 66.3 Å². The summed E-state index contributed by atoms with van der Waals surface area (Å²) in [6, 6.07) is 18.8. The van der Waals surface area contributed by atoms with E-state index in [2.05, 4.69) is 10.6 Å². The Morgan fingerprint density at radius 3 is 2.17 bits per heavy atom. The summed E-state index contributed by atoms with van der Waals surface area (Å²) in [7, 11) is 0. The van der Waals surface area contributed by atoms with Crippen LogP contribution < -0.4 is 10.6 Å². The highest BCUT2D eigenvalue weighted by atomic mass is 16.3. The van der Waals surface area contributed by atoms with Gasteiger partial charge in [0.15, 0.2) is 0 Å². The highest BCUT2D eigenvalue weighted by Crippen LogP contribution is 2.13. The van der Waals surface area contributed by atoms with Crippen molar-refractivity contribution in [1.82, 2.24) is 9.88 Å². The maximum Gasteiger partial charge on any atom is 0.319 e. The van der Waals surface area contributed by atoms with Gasteiger partial charge >= 0.3 is 6.03 Å². The van der Waals surface area contributed by atoms with Gasteiger partial charge in [-0.15, -0.1) is 0 Å². The van der Waals surface area contributed by atoms with Crippen LogP contribution in [0.5, 0.6) is 0 Å². The molecule has 0 aliphatic carbocycles. The number of urea groups is 1. The Morgan fingerprint density at radius 1 is 0.917 bits per heavy atom. The summed E-state index contributed by atoms with van der Waals surface area (Å²) in [5.41, 5.74) is 3.60. The molecule has 0 saturated carbocycles. The minimum atomic E-state index is -0.255. The first-order valence-corrected chi connectivity index (χ1v) is 7.71. The molecule has 1 aromatic heterocycles. The fourth-order valence-corrected chi connectivity index (χ4v) is 2.34. The highest BCUT2D eigenvalue weighted by Gasteiger charge is 2.02. The fraction of sp³-hybridized carbons (Fsp3) is 0.105. The van der Waals surface area contributed by atoms with Crippen LogP contribution in [-0.4, -0.2) is 15.7 Å². The third-order valence-corrected chi connectivity index (χ3v) is 3.69. The van der Waals surface area contributed by atoms with Gasteiger partial charge in [0.2, 0.25) is 0 Å². The Labute approximate surface area is 140 Å². The average Bonchev–Trinajstić information content (AvgIpc) is 3.16. The van der Waals surface area contributed by atoms with Crippen LogP contribution in [0.2, 0.25) is 0 Å². The van der Waals surface area contributed by atoms with E-state index in [0.29, 0.717) is 6.54 Å². The Bertz CT molecular complexity index is 778. The number of anilines is 1. The van der Waals surface area contributed by atoms with E-state index >= 15 is 0 Å². The molecule has 0 aliphatic rings. The average molecular weight is 321 g/mol. The van der Waals surface area contributed by atoms with Crippen molar-refractivity contribution in [1.29, 1.82) is 0 Å². The van der Waals surface area contributed by atoms with E-state index in [9.17, 15) is 4.79 Å². The van der Waals surface area contributed by atoms with Gasteiger partial charge in [-0.1, -0.05) is 24.3 Å². The van der Waals surface area contributed by atoms with Gasteiger partial charge in [0.05, 0.1) is 6.61 Å². The number of hydrogen-bond acceptors (Lipinski definition) is 2. The summed E-state index contributed by atoms with van der Waals surface area (Å²) >= 11 is 0. The molecule has 122 valence electrons. The van der Waals surface area contributed by atoms with E-state index in [-0.39, 0.29) is 12.6 Å². The van der Waals surface area contributed by atoms with Gasteiger partial charge in [0.1, 0.15) is 0 Å². The first-order chi connectivity index (χ1) is 11.7. The molecular formula is C19H19N3O2. The quantitative estimate of drug-likeness (QED) is 0.675. The molecule has 0 aliphatic heterocycles. The SMILES string of the molecule is O=C(NCc1ccc(CO)cc1)Nc1ccc(-n2cccc2)cc1. The molecule has 5 nitrogen and oxygen atoms in total. The summed E-state index contributed by atoms with van der Waals surface area (Å²) in [5.74, 6) is 0. The number of carbonyl (C=O) groups is 1. The number of carbonyl (C=O) groups excluding carboxylic acids is 1. The second kappa shape index (κ2) is 7.48. The monoisotopic (exact) mass is 321 g/mol. The van der Waals surface area contributed by atoms with Crippen LogP contribution in [-0.2, 0) is 13.2 Å². The molecule has 1 heterocycles. The standard InChI is InChI=1S/C19H19N3O2/c23-14-16-5-3-15(4-6-16)13-20-19(24)21-17-7-9-18(10-8-17)22-11-1-2-12-22/h1-12,23H,13-14H2,(H2,20,21,24). The molecule has 5 heteroatoms. The third-order valence-electron chi connectivity index (χ3n) is 3.69. The predicted octanol–water partition coefficient (Wildman–Crippen LogP) is 3.29. The van der Waals surface area contributed by atoms with Crippen LogP contribution in [0.25, 0.3) is 5.69 Å². The van der Waals surface area contributed by atoms with Crippen LogP contribution in [0.15, 0.2) is 73.1 Å². The van der Waals surface area contributed by atoms with Crippen molar-refractivity contribution in [2.45, 2.75) is 13.2 Å². The molecule has 0 radical (unpaired) electrons. The lowest BCUT2D eigenvalue weighted by atomic mass is 10.1. The van der Waals surface area contributed by atoms with Gasteiger partial charge in [-0.25, -0.2) is 4.79 Å². The fourth-order valence-electron chi connectivity index (χ4n) is 2.34. The maximum absolute atomic E-state index is 12.0. The molecule has 0 spiro atoms. The van der Waals surface area contributed by atoms with Crippen LogP contribution in [0.3, 0.4) is 0 Å². The second-order valence-electron chi connectivity index (χ2n) is 5.42. The number of rotatable bonds is 5. The molecule has 0 atom stereocenters. The number of nitrogens with zero attached hydrogens (tertiary/aromatic N) is 1. The largest absolute Gasteiger partial charge is 0.392 e. The van der Waals surface area contributed by atoms with Gasteiger partial charge in [-0.05, 0) is 47.5 Å². The van der Waals surface area contributed by atoms with E-state index in [1.165, 1.54) is 0 Å². The van der Waals surface area contributed by atoms with Crippen molar-refractivity contribution in [3.63, 3.8) is 0 Å². The van der Waals surface area contributed by atoms with Crippen molar-refractivity contribution in [2.75, 3.05) is 5.32 Å². The van der Waals surface area contributed by atoms with Gasteiger partial charge in [-0.3, -0.25) is 0 Å². The van der Waals surface area contributed by atoms with Crippen LogP contribution in [0.1, 0.15) is 11.1 Å². The summed E-state index contributed by atoms with van der Waals surface area (Å²) in [5, 5.41) is 14.6. The van der Waals surface area contributed by atoms with Crippen molar-refractivity contribution < 1.29 is 9.90 Å². The first kappa shape index (κ1) is 15.8. The number of benzene rings is 2. The zero-order valence-corrected chi connectivity index (χ0v) is 13.1. The number of amides is 2. The third kappa shape index (κ3) is 4.02. The minimum Gasteiger partial charge on any atom is -0.392 e. The Hall–Kier alpha value is -3.05. The molecule has 3 rings (SSSR count). The molecule has 0 unspecified atom stereocenters. The van der Waals surface area contributed by atoms with Gasteiger partial charge in [0.25, 0.3) is 0 Å². The van der Waals surface area contributed by atoms with Gasteiger partial charge in [0, 0.05) is 30.3 Å². The molecule has 2 amide bonds. The molecule has 3 N–H and O–H groups in total. The van der Waals surface area contributed by atoms with Crippen molar-refractivity contribution in [3.8, 4) is 5.69 Å². The van der Waals surface area contributed by atoms with Crippen molar-refractivity contribution in [3.05, 3.63) is 84.2 Å². The Balaban J connectivity index is 1.52.